The number of guanidine groups is 1. The highest BCUT2D eigenvalue weighted by Gasteiger charge is 2.21. The van der Waals surface area contributed by atoms with E-state index in [0.717, 1.165) is 44.5 Å². The number of piperazine rings is 1. The van der Waals surface area contributed by atoms with Gasteiger partial charge in [0, 0.05) is 69.1 Å². The molecule has 7 nitrogen and oxygen atoms in total. The second kappa shape index (κ2) is 14.2. The zero-order valence-corrected chi connectivity index (χ0v) is 21.9. The van der Waals surface area contributed by atoms with E-state index in [0.29, 0.717) is 18.2 Å². The molecular formula is C23H33IN6OS. The molecule has 0 radical (unpaired) electrons. The number of hydrogen-bond acceptors (Lipinski definition) is 5. The number of anilines is 1. The van der Waals surface area contributed by atoms with E-state index in [-0.39, 0.29) is 29.9 Å². The minimum atomic E-state index is 0. The zero-order chi connectivity index (χ0) is 21.9. The summed E-state index contributed by atoms with van der Waals surface area (Å²) >= 11 is 1.83. The van der Waals surface area contributed by atoms with Crippen molar-refractivity contribution in [1.29, 1.82) is 0 Å². The molecule has 3 rings (SSSR count). The Hall–Kier alpha value is -2.01. The van der Waals surface area contributed by atoms with Crippen LogP contribution in [0.15, 0.2) is 64.6 Å². The van der Waals surface area contributed by atoms with E-state index in [1.54, 1.807) is 13.2 Å². The summed E-state index contributed by atoms with van der Waals surface area (Å²) in [6, 6.07) is 16.3. The number of benzene rings is 1. The largest absolute Gasteiger partial charge is 0.356 e. The number of hydrogen-bond donors (Lipinski definition) is 2. The highest BCUT2D eigenvalue weighted by atomic mass is 127. The van der Waals surface area contributed by atoms with Gasteiger partial charge in [-0.05, 0) is 24.3 Å². The lowest BCUT2D eigenvalue weighted by Gasteiger charge is -2.35. The maximum atomic E-state index is 12.6. The maximum Gasteiger partial charge on any atom is 0.224 e. The van der Waals surface area contributed by atoms with Crippen LogP contribution >= 0.6 is 35.7 Å². The zero-order valence-electron chi connectivity index (χ0n) is 18.7. The van der Waals surface area contributed by atoms with Gasteiger partial charge >= 0.3 is 0 Å². The van der Waals surface area contributed by atoms with E-state index in [1.165, 1.54) is 4.90 Å². The van der Waals surface area contributed by atoms with Crippen LogP contribution < -0.4 is 15.5 Å². The van der Waals surface area contributed by atoms with Crippen molar-refractivity contribution in [3.8, 4) is 0 Å². The monoisotopic (exact) mass is 568 g/mol. The molecule has 1 unspecified atom stereocenters. The number of amides is 1. The first-order chi connectivity index (χ1) is 15.2. The lowest BCUT2D eigenvalue weighted by Crippen LogP contribution is -2.49. The van der Waals surface area contributed by atoms with Crippen LogP contribution in [0.5, 0.6) is 0 Å². The molecule has 2 N–H and O–H groups in total. The summed E-state index contributed by atoms with van der Waals surface area (Å²) in [6.45, 7) is 6.65. The van der Waals surface area contributed by atoms with Gasteiger partial charge in [0.2, 0.25) is 5.91 Å². The second-order valence-electron chi connectivity index (χ2n) is 7.43. The molecule has 0 saturated carbocycles. The molecule has 1 fully saturated rings. The highest BCUT2D eigenvalue weighted by molar-refractivity contribution is 14.0. The van der Waals surface area contributed by atoms with E-state index >= 15 is 0 Å². The molecule has 32 heavy (non-hydrogen) atoms. The summed E-state index contributed by atoms with van der Waals surface area (Å²) < 4.78 is 0. The van der Waals surface area contributed by atoms with Gasteiger partial charge in [0.1, 0.15) is 5.82 Å². The van der Waals surface area contributed by atoms with Crippen molar-refractivity contribution >= 4 is 53.4 Å². The average molecular weight is 569 g/mol. The van der Waals surface area contributed by atoms with Gasteiger partial charge in [0.15, 0.2) is 5.96 Å². The van der Waals surface area contributed by atoms with Crippen LogP contribution in [0.1, 0.15) is 13.3 Å². The molecule has 174 valence electrons. The first-order valence-corrected chi connectivity index (χ1v) is 11.6. The van der Waals surface area contributed by atoms with Gasteiger partial charge in [0.25, 0.3) is 0 Å². The summed E-state index contributed by atoms with van der Waals surface area (Å²) in [7, 11) is 1.75. The van der Waals surface area contributed by atoms with Crippen molar-refractivity contribution in [2.24, 2.45) is 4.99 Å². The van der Waals surface area contributed by atoms with Crippen molar-refractivity contribution < 1.29 is 4.79 Å². The summed E-state index contributed by atoms with van der Waals surface area (Å²) in [5.41, 5.74) is 0. The van der Waals surface area contributed by atoms with Crippen LogP contribution in [0.25, 0.3) is 0 Å². The van der Waals surface area contributed by atoms with Gasteiger partial charge in [-0.2, -0.15) is 0 Å². The number of aliphatic imine (C=N–C) groups is 1. The predicted molar refractivity (Wildman–Crippen MR) is 144 cm³/mol. The second-order valence-corrected chi connectivity index (χ2v) is 8.94. The average Bonchev–Trinajstić information content (AvgIpc) is 2.82. The van der Waals surface area contributed by atoms with E-state index in [9.17, 15) is 4.79 Å². The van der Waals surface area contributed by atoms with Gasteiger partial charge < -0.3 is 20.4 Å². The molecule has 1 aliphatic rings. The molecule has 1 aliphatic heterocycles. The molecule has 0 bridgehead atoms. The van der Waals surface area contributed by atoms with E-state index in [1.807, 2.05) is 40.9 Å². The van der Waals surface area contributed by atoms with Crippen molar-refractivity contribution in [3.05, 3.63) is 54.7 Å². The number of halogens is 1. The summed E-state index contributed by atoms with van der Waals surface area (Å²) in [6.07, 6.45) is 2.26. The summed E-state index contributed by atoms with van der Waals surface area (Å²) in [5.74, 6) is 1.88. The van der Waals surface area contributed by atoms with Crippen molar-refractivity contribution in [1.82, 2.24) is 20.5 Å². The Morgan fingerprint density at radius 2 is 1.81 bits per heavy atom. The molecule has 1 amide bonds. The molecule has 1 aromatic carbocycles. The Bertz CT molecular complexity index is 831. The van der Waals surface area contributed by atoms with E-state index in [2.05, 4.69) is 56.7 Å². The number of nitrogens with one attached hydrogen (secondary N) is 2. The number of thioether (sulfide) groups is 1. The molecule has 0 aliphatic carbocycles. The summed E-state index contributed by atoms with van der Waals surface area (Å²) in [5, 5.41) is 7.00. The van der Waals surface area contributed by atoms with Crippen LogP contribution in [0.2, 0.25) is 0 Å². The van der Waals surface area contributed by atoms with Crippen LogP contribution in [0, 0.1) is 0 Å². The minimum Gasteiger partial charge on any atom is -0.356 e. The molecule has 2 aromatic rings. The molecule has 1 aromatic heterocycles. The van der Waals surface area contributed by atoms with Gasteiger partial charge in [-0.15, -0.1) is 35.7 Å². The lowest BCUT2D eigenvalue weighted by atomic mass is 10.2. The third-order valence-electron chi connectivity index (χ3n) is 5.10. The fourth-order valence-corrected chi connectivity index (χ4v) is 4.35. The standard InChI is InChI=1S/C23H32N6OS.HI/c1-19(31-20-8-4-3-5-9-20)18-27-23(24-2)26-13-11-22(30)29-16-14-28(15-17-29)21-10-6-7-12-25-21;/h3-10,12,19H,11,13-18H2,1-2H3,(H2,24,26,27);1H. The first kappa shape index (κ1) is 26.2. The van der Waals surface area contributed by atoms with Crippen molar-refractivity contribution in [2.45, 2.75) is 23.5 Å². The Labute approximate surface area is 212 Å². The van der Waals surface area contributed by atoms with Crippen LogP contribution in [0.4, 0.5) is 5.82 Å². The van der Waals surface area contributed by atoms with Crippen LogP contribution in [0.3, 0.4) is 0 Å². The summed E-state index contributed by atoms with van der Waals surface area (Å²) in [4.78, 5) is 26.7. The van der Waals surface area contributed by atoms with E-state index in [4.69, 9.17) is 0 Å². The maximum absolute atomic E-state index is 12.6. The van der Waals surface area contributed by atoms with Gasteiger partial charge in [-0.25, -0.2) is 4.98 Å². The number of carbonyl (C=O) groups excluding carboxylic acids is 1. The highest BCUT2D eigenvalue weighted by Crippen LogP contribution is 2.21. The Kier molecular flexibility index (Phi) is 11.6. The van der Waals surface area contributed by atoms with Crippen LogP contribution in [-0.4, -0.2) is 73.3 Å². The third-order valence-corrected chi connectivity index (χ3v) is 6.21. The fraction of sp³-hybridized carbons (Fsp3) is 0.435. The Morgan fingerprint density at radius 3 is 2.47 bits per heavy atom. The molecule has 2 heterocycles. The van der Waals surface area contributed by atoms with Crippen molar-refractivity contribution in [3.63, 3.8) is 0 Å². The number of nitrogens with zero attached hydrogens (tertiary/aromatic N) is 4. The van der Waals surface area contributed by atoms with Crippen molar-refractivity contribution in [2.75, 3.05) is 51.2 Å². The van der Waals surface area contributed by atoms with Gasteiger partial charge in [0.05, 0.1) is 0 Å². The molecule has 0 spiro atoms. The van der Waals surface area contributed by atoms with E-state index < -0.39 is 0 Å². The molecule has 1 atom stereocenters. The molecular weight excluding hydrogens is 535 g/mol. The Morgan fingerprint density at radius 1 is 1.09 bits per heavy atom. The topological polar surface area (TPSA) is 72.9 Å². The number of pyridine rings is 1. The minimum absolute atomic E-state index is 0. The lowest BCUT2D eigenvalue weighted by molar-refractivity contribution is -0.131. The number of aromatic nitrogens is 1. The quantitative estimate of drug-likeness (QED) is 0.221. The number of carbonyl (C=O) groups is 1. The smallest absolute Gasteiger partial charge is 0.224 e. The predicted octanol–water partition coefficient (Wildman–Crippen LogP) is 3.08. The Balaban J connectivity index is 0.00000363. The third kappa shape index (κ3) is 8.50. The number of rotatable bonds is 8. The molecule has 1 saturated heterocycles. The molecule has 9 heteroatoms. The SMILES string of the molecule is CN=C(NCCC(=O)N1CCN(c2ccccn2)CC1)NCC(C)Sc1ccccc1.I. The van der Waals surface area contributed by atoms with Gasteiger partial charge in [-0.3, -0.25) is 9.79 Å². The first-order valence-electron chi connectivity index (χ1n) is 10.8. The normalized spacial score (nSPS) is 15.0. The van der Waals surface area contributed by atoms with Gasteiger partial charge in [-0.1, -0.05) is 31.2 Å². The fourth-order valence-electron chi connectivity index (χ4n) is 3.41. The van der Waals surface area contributed by atoms with Crippen LogP contribution in [-0.2, 0) is 4.79 Å².